The third-order valence-corrected chi connectivity index (χ3v) is 3.66. The molecule has 3 heterocycles. The number of nitrogens with zero attached hydrogens (tertiary/aromatic N) is 4. The topological polar surface area (TPSA) is 84.0 Å². The monoisotopic (exact) mass is 301 g/mol. The van der Waals surface area contributed by atoms with Crippen molar-refractivity contribution in [2.45, 2.75) is 13.3 Å². The van der Waals surface area contributed by atoms with Crippen LogP contribution in [0, 0.1) is 12.8 Å². The van der Waals surface area contributed by atoms with Crippen molar-refractivity contribution < 1.29 is 4.74 Å². The molecule has 1 saturated heterocycles. The Morgan fingerprint density at radius 2 is 2.36 bits per heavy atom. The van der Waals surface area contributed by atoms with Crippen molar-refractivity contribution in [2.75, 3.05) is 31.2 Å². The first-order valence-electron chi connectivity index (χ1n) is 7.36. The van der Waals surface area contributed by atoms with Crippen LogP contribution in [0.25, 0.3) is 0 Å². The van der Waals surface area contributed by atoms with Gasteiger partial charge in [-0.1, -0.05) is 0 Å². The van der Waals surface area contributed by atoms with Crippen LogP contribution in [-0.4, -0.2) is 46.2 Å². The zero-order valence-electron chi connectivity index (χ0n) is 12.5. The average molecular weight is 301 g/mol. The maximum absolute atomic E-state index is 11.4. The molecule has 0 spiro atoms. The molecule has 7 nitrogen and oxygen atoms in total. The van der Waals surface area contributed by atoms with Crippen molar-refractivity contribution in [3.63, 3.8) is 0 Å². The lowest BCUT2D eigenvalue weighted by Crippen LogP contribution is -2.32. The number of aryl methyl sites for hydroxylation is 1. The fourth-order valence-corrected chi connectivity index (χ4v) is 2.65. The van der Waals surface area contributed by atoms with Crippen molar-refractivity contribution >= 4 is 5.82 Å². The summed E-state index contributed by atoms with van der Waals surface area (Å²) in [5.74, 6) is 1.95. The van der Waals surface area contributed by atoms with Gasteiger partial charge in [0.15, 0.2) is 0 Å². The van der Waals surface area contributed by atoms with Gasteiger partial charge >= 0.3 is 0 Å². The summed E-state index contributed by atoms with van der Waals surface area (Å²) in [5, 5.41) is 0. The molecule has 3 rings (SSSR count). The molecule has 0 unspecified atom stereocenters. The Morgan fingerprint density at radius 3 is 3.18 bits per heavy atom. The molecule has 2 aromatic rings. The minimum atomic E-state index is -0.122. The Labute approximate surface area is 128 Å². The third kappa shape index (κ3) is 3.67. The van der Waals surface area contributed by atoms with Crippen molar-refractivity contribution in [2.24, 2.45) is 5.92 Å². The highest BCUT2D eigenvalue weighted by molar-refractivity contribution is 5.37. The van der Waals surface area contributed by atoms with Crippen molar-refractivity contribution in [1.82, 2.24) is 19.9 Å². The summed E-state index contributed by atoms with van der Waals surface area (Å²) in [6.45, 7) is 4.84. The van der Waals surface area contributed by atoms with Crippen LogP contribution >= 0.6 is 0 Å². The van der Waals surface area contributed by atoms with Gasteiger partial charge in [-0.3, -0.25) is 4.79 Å². The molecule has 22 heavy (non-hydrogen) atoms. The van der Waals surface area contributed by atoms with Gasteiger partial charge in [0.2, 0.25) is 0 Å². The molecular formula is C15H19N5O2. The molecule has 1 aliphatic heterocycles. The van der Waals surface area contributed by atoms with Crippen molar-refractivity contribution in [3.05, 3.63) is 46.5 Å². The van der Waals surface area contributed by atoms with Crippen LogP contribution in [0.2, 0.25) is 0 Å². The van der Waals surface area contributed by atoms with Crippen molar-refractivity contribution in [1.29, 1.82) is 0 Å². The summed E-state index contributed by atoms with van der Waals surface area (Å²) >= 11 is 0. The number of H-pyrrole nitrogens is 1. The van der Waals surface area contributed by atoms with Crippen LogP contribution in [-0.2, 0) is 11.2 Å². The van der Waals surface area contributed by atoms with Gasteiger partial charge in [0.1, 0.15) is 11.6 Å². The first-order chi connectivity index (χ1) is 10.7. The van der Waals surface area contributed by atoms with E-state index in [4.69, 9.17) is 4.74 Å². The van der Waals surface area contributed by atoms with E-state index in [0.29, 0.717) is 19.6 Å². The molecule has 0 aromatic carbocycles. The predicted octanol–water partition coefficient (Wildman–Crippen LogP) is 0.564. The van der Waals surface area contributed by atoms with Gasteiger partial charge in [-0.05, 0) is 19.4 Å². The van der Waals surface area contributed by atoms with Gasteiger partial charge in [0, 0.05) is 37.0 Å². The number of ether oxygens (including phenoxy) is 1. The van der Waals surface area contributed by atoms with E-state index in [1.54, 1.807) is 12.3 Å². The van der Waals surface area contributed by atoms with Crippen LogP contribution in [0.4, 0.5) is 5.82 Å². The number of aromatic nitrogens is 4. The number of anilines is 1. The number of nitrogens with one attached hydrogen (secondary N) is 1. The summed E-state index contributed by atoms with van der Waals surface area (Å²) in [5.41, 5.74) is 0.667. The predicted molar refractivity (Wildman–Crippen MR) is 81.9 cm³/mol. The highest BCUT2D eigenvalue weighted by Gasteiger charge is 2.20. The minimum Gasteiger partial charge on any atom is -0.379 e. The molecule has 0 saturated carbocycles. The normalized spacial score (nSPS) is 19.0. The van der Waals surface area contributed by atoms with Crippen molar-refractivity contribution in [3.8, 4) is 0 Å². The van der Waals surface area contributed by atoms with E-state index in [2.05, 4.69) is 24.8 Å². The lowest BCUT2D eigenvalue weighted by atomic mass is 10.0. The molecule has 7 heteroatoms. The summed E-state index contributed by atoms with van der Waals surface area (Å²) in [7, 11) is 0. The number of rotatable bonds is 3. The summed E-state index contributed by atoms with van der Waals surface area (Å²) < 4.78 is 5.69. The van der Waals surface area contributed by atoms with Gasteiger partial charge in [0.25, 0.3) is 5.56 Å². The average Bonchev–Trinajstić information content (AvgIpc) is 2.73. The van der Waals surface area contributed by atoms with E-state index < -0.39 is 0 Å². The molecule has 1 fully saturated rings. The standard InChI is InChI=1S/C15H19N5O2/c1-11-16-3-2-14(19-11)20-4-5-22-9-12(8-20)6-13-7-15(21)18-10-17-13/h2-3,7,10,12H,4-6,8-9H2,1H3,(H,17,18,21)/t12-/m0/s1. The molecule has 116 valence electrons. The van der Waals surface area contributed by atoms with E-state index in [0.717, 1.165) is 30.4 Å². The second-order valence-corrected chi connectivity index (χ2v) is 5.46. The van der Waals surface area contributed by atoms with Crippen LogP contribution in [0.1, 0.15) is 11.5 Å². The summed E-state index contributed by atoms with van der Waals surface area (Å²) in [6.07, 6.45) is 3.93. The van der Waals surface area contributed by atoms with Gasteiger partial charge in [-0.25, -0.2) is 15.0 Å². The summed E-state index contributed by atoms with van der Waals surface area (Å²) in [6, 6.07) is 3.46. The molecule has 1 aliphatic rings. The highest BCUT2D eigenvalue weighted by Crippen LogP contribution is 2.17. The SMILES string of the molecule is Cc1nccc(N2CCOC[C@@H](Cc3cc(=O)[nH]cn3)C2)n1. The third-order valence-electron chi connectivity index (χ3n) is 3.66. The Balaban J connectivity index is 1.74. The van der Waals surface area contributed by atoms with Crippen LogP contribution in [0.3, 0.4) is 0 Å². The van der Waals surface area contributed by atoms with Gasteiger partial charge in [0.05, 0.1) is 19.5 Å². The first kappa shape index (κ1) is 14.6. The second-order valence-electron chi connectivity index (χ2n) is 5.46. The lowest BCUT2D eigenvalue weighted by Gasteiger charge is -2.24. The van der Waals surface area contributed by atoms with Gasteiger partial charge in [-0.15, -0.1) is 0 Å². The maximum atomic E-state index is 11.4. The number of hydrogen-bond donors (Lipinski definition) is 1. The van der Waals surface area contributed by atoms with E-state index in [1.165, 1.54) is 6.33 Å². The smallest absolute Gasteiger partial charge is 0.250 e. The highest BCUT2D eigenvalue weighted by atomic mass is 16.5. The van der Waals surface area contributed by atoms with E-state index >= 15 is 0 Å². The Hall–Kier alpha value is -2.28. The molecule has 1 atom stereocenters. The maximum Gasteiger partial charge on any atom is 0.250 e. The zero-order chi connectivity index (χ0) is 15.4. The Morgan fingerprint density at radius 1 is 1.45 bits per heavy atom. The summed E-state index contributed by atoms with van der Waals surface area (Å²) in [4.78, 5) is 29.0. The Bertz CT molecular complexity index is 687. The molecule has 2 aromatic heterocycles. The van der Waals surface area contributed by atoms with Gasteiger partial charge in [-0.2, -0.15) is 0 Å². The fraction of sp³-hybridized carbons (Fsp3) is 0.467. The van der Waals surface area contributed by atoms with Gasteiger partial charge < -0.3 is 14.6 Å². The van der Waals surface area contributed by atoms with E-state index in [9.17, 15) is 4.79 Å². The first-order valence-corrected chi connectivity index (χ1v) is 7.36. The number of aromatic amines is 1. The molecule has 1 N–H and O–H groups in total. The molecule has 0 aliphatic carbocycles. The quantitative estimate of drug-likeness (QED) is 0.892. The van der Waals surface area contributed by atoms with E-state index in [-0.39, 0.29) is 11.5 Å². The second kappa shape index (κ2) is 6.65. The van der Waals surface area contributed by atoms with Crippen LogP contribution in [0.15, 0.2) is 29.5 Å². The molecular weight excluding hydrogens is 282 g/mol. The number of hydrogen-bond acceptors (Lipinski definition) is 6. The lowest BCUT2D eigenvalue weighted by molar-refractivity contribution is 0.123. The molecule has 0 bridgehead atoms. The zero-order valence-corrected chi connectivity index (χ0v) is 12.5. The van der Waals surface area contributed by atoms with Crippen LogP contribution < -0.4 is 10.5 Å². The van der Waals surface area contributed by atoms with Crippen LogP contribution in [0.5, 0.6) is 0 Å². The molecule has 0 radical (unpaired) electrons. The minimum absolute atomic E-state index is 0.122. The largest absolute Gasteiger partial charge is 0.379 e. The fourth-order valence-electron chi connectivity index (χ4n) is 2.65. The Kier molecular flexibility index (Phi) is 4.43. The molecule has 0 amide bonds. The van der Waals surface area contributed by atoms with E-state index in [1.807, 2.05) is 13.0 Å².